The summed E-state index contributed by atoms with van der Waals surface area (Å²) in [7, 11) is 0. The molecule has 0 saturated carbocycles. The molecule has 1 saturated heterocycles. The molecule has 3 N–H and O–H groups in total. The SMILES string of the molecule is CC(C)(C)C[C@]1(c2ccc(-c3cnn(C(F)F)c3)cc2)NC(=N)N([C@H](COC(=O)Nc2ccccc2)c2ccc(Cl)c(-n3ncnc3C(F)F)c2)C1=O. The van der Waals surface area contributed by atoms with Crippen molar-refractivity contribution < 1.29 is 31.9 Å². The second kappa shape index (κ2) is 14.7. The standard InChI is InChI=1S/C36H34ClF4N9O3/c1-35(2,3)19-36(24-12-9-21(10-13-24)23-16-44-48(17-23)32(40)41)31(51)49(33(42)47-36)28(18-53-34(52)46-25-7-5-4-6-8-25)22-11-14-26(37)27(15-22)50-30(29(38)39)43-20-45-50/h4-17,20,28-29,32H,18-19H2,1-3H3,(H2,42,47)(H,46,52)/t28-,36-/m1/s1. The number of ether oxygens (including phenoxy) is 1. The molecule has 2 aromatic heterocycles. The van der Waals surface area contributed by atoms with Crippen LogP contribution in [0.3, 0.4) is 0 Å². The first-order valence-corrected chi connectivity index (χ1v) is 16.6. The zero-order chi connectivity index (χ0) is 38.1. The van der Waals surface area contributed by atoms with E-state index in [9.17, 15) is 27.2 Å². The number of hydrogen-bond donors (Lipinski definition) is 3. The lowest BCUT2D eigenvalue weighted by atomic mass is 9.75. The Bertz CT molecular complexity index is 2120. The number of nitrogens with zero attached hydrogens (tertiary/aromatic N) is 6. The van der Waals surface area contributed by atoms with Crippen molar-refractivity contribution in [2.24, 2.45) is 5.41 Å². The number of halogens is 5. The van der Waals surface area contributed by atoms with Gasteiger partial charge in [0.25, 0.3) is 12.3 Å². The number of nitrogens with one attached hydrogen (secondary N) is 3. The molecule has 276 valence electrons. The Hall–Kier alpha value is -5.77. The van der Waals surface area contributed by atoms with E-state index < -0.39 is 54.4 Å². The minimum absolute atomic E-state index is 0.0218. The van der Waals surface area contributed by atoms with Crippen LogP contribution >= 0.6 is 11.6 Å². The molecule has 3 heterocycles. The topological polar surface area (TPSA) is 143 Å². The van der Waals surface area contributed by atoms with Crippen LogP contribution in [0.5, 0.6) is 0 Å². The average molecular weight is 752 g/mol. The van der Waals surface area contributed by atoms with Crippen LogP contribution in [-0.2, 0) is 15.1 Å². The molecule has 53 heavy (non-hydrogen) atoms. The van der Waals surface area contributed by atoms with Crippen molar-refractivity contribution in [3.05, 3.63) is 113 Å². The second-order valence-corrected chi connectivity index (χ2v) is 13.9. The first-order valence-electron chi connectivity index (χ1n) is 16.3. The lowest BCUT2D eigenvalue weighted by Gasteiger charge is -2.35. The number of carbonyl (C=O) groups excluding carboxylic acids is 2. The number of anilines is 1. The highest BCUT2D eigenvalue weighted by molar-refractivity contribution is 6.32. The van der Waals surface area contributed by atoms with Crippen LogP contribution in [0.2, 0.25) is 5.02 Å². The van der Waals surface area contributed by atoms with Crippen molar-refractivity contribution in [3.63, 3.8) is 0 Å². The first-order chi connectivity index (χ1) is 25.2. The zero-order valence-corrected chi connectivity index (χ0v) is 29.4. The molecule has 3 aromatic carbocycles. The highest BCUT2D eigenvalue weighted by Gasteiger charge is 2.54. The minimum Gasteiger partial charge on any atom is -0.447 e. The van der Waals surface area contributed by atoms with E-state index in [4.69, 9.17) is 21.7 Å². The summed E-state index contributed by atoms with van der Waals surface area (Å²) in [4.78, 5) is 32.7. The van der Waals surface area contributed by atoms with Gasteiger partial charge in [0.1, 0.15) is 18.5 Å². The Kier molecular flexibility index (Phi) is 10.3. The first kappa shape index (κ1) is 37.0. The molecule has 1 aliphatic heterocycles. The third-order valence-corrected chi connectivity index (χ3v) is 8.84. The van der Waals surface area contributed by atoms with Gasteiger partial charge in [0.2, 0.25) is 0 Å². The van der Waals surface area contributed by atoms with Gasteiger partial charge in [-0.25, -0.2) is 27.9 Å². The van der Waals surface area contributed by atoms with E-state index in [1.165, 1.54) is 30.6 Å². The Labute approximate surface area is 306 Å². The zero-order valence-electron chi connectivity index (χ0n) is 28.6. The van der Waals surface area contributed by atoms with Gasteiger partial charge in [0, 0.05) is 17.4 Å². The number of alkyl halides is 4. The van der Waals surface area contributed by atoms with Crippen molar-refractivity contribution in [1.29, 1.82) is 5.41 Å². The maximum atomic E-state index is 14.9. The molecule has 0 aliphatic carbocycles. The van der Waals surface area contributed by atoms with Crippen molar-refractivity contribution in [2.45, 2.75) is 51.7 Å². The average Bonchev–Trinajstić information content (AvgIpc) is 3.85. The maximum Gasteiger partial charge on any atom is 0.411 e. The molecule has 2 atom stereocenters. The van der Waals surface area contributed by atoms with Gasteiger partial charge in [-0.1, -0.05) is 80.9 Å². The summed E-state index contributed by atoms with van der Waals surface area (Å²) in [5.74, 6) is -1.54. The van der Waals surface area contributed by atoms with Crippen LogP contribution < -0.4 is 10.6 Å². The fourth-order valence-electron chi connectivity index (χ4n) is 6.31. The smallest absolute Gasteiger partial charge is 0.411 e. The van der Waals surface area contributed by atoms with Gasteiger partial charge in [-0.3, -0.25) is 20.4 Å². The van der Waals surface area contributed by atoms with E-state index in [1.54, 1.807) is 54.6 Å². The van der Waals surface area contributed by atoms with E-state index in [-0.39, 0.29) is 28.7 Å². The molecule has 12 nitrogen and oxygen atoms in total. The summed E-state index contributed by atoms with van der Waals surface area (Å²) in [6.45, 7) is 2.52. The van der Waals surface area contributed by atoms with E-state index in [0.717, 1.165) is 15.9 Å². The van der Waals surface area contributed by atoms with Crippen molar-refractivity contribution >= 4 is 35.2 Å². The third-order valence-electron chi connectivity index (χ3n) is 8.52. The van der Waals surface area contributed by atoms with Crippen LogP contribution in [0.1, 0.15) is 63.2 Å². The number of hydrogen-bond acceptors (Lipinski definition) is 7. The highest BCUT2D eigenvalue weighted by atomic mass is 35.5. The largest absolute Gasteiger partial charge is 0.447 e. The number of aromatic nitrogens is 5. The summed E-state index contributed by atoms with van der Waals surface area (Å²) < 4.78 is 61.1. The lowest BCUT2D eigenvalue weighted by Crippen LogP contribution is -2.47. The number of carbonyl (C=O) groups is 2. The van der Waals surface area contributed by atoms with Gasteiger partial charge in [-0.2, -0.15) is 19.0 Å². The summed E-state index contributed by atoms with van der Waals surface area (Å²) in [6.07, 6.45) is -0.149. The molecule has 0 unspecified atom stereocenters. The summed E-state index contributed by atoms with van der Waals surface area (Å²) in [5.41, 5.74) is 0.267. The maximum absolute atomic E-state index is 14.9. The molecule has 0 radical (unpaired) electrons. The van der Waals surface area contributed by atoms with Crippen LogP contribution in [0.15, 0.2) is 91.5 Å². The van der Waals surface area contributed by atoms with Crippen molar-refractivity contribution in [3.8, 4) is 16.8 Å². The van der Waals surface area contributed by atoms with Gasteiger partial charge in [-0.15, -0.1) is 0 Å². The van der Waals surface area contributed by atoms with Gasteiger partial charge < -0.3 is 10.1 Å². The fraction of sp³-hybridized carbons (Fsp3) is 0.278. The van der Waals surface area contributed by atoms with Crippen molar-refractivity contribution in [2.75, 3.05) is 11.9 Å². The predicted octanol–water partition coefficient (Wildman–Crippen LogP) is 8.10. The van der Waals surface area contributed by atoms with Gasteiger partial charge >= 0.3 is 12.6 Å². The Morgan fingerprint density at radius 3 is 2.38 bits per heavy atom. The Morgan fingerprint density at radius 2 is 1.74 bits per heavy atom. The van der Waals surface area contributed by atoms with E-state index >= 15 is 0 Å². The predicted molar refractivity (Wildman–Crippen MR) is 188 cm³/mol. The van der Waals surface area contributed by atoms with E-state index in [0.29, 0.717) is 27.1 Å². The molecule has 6 rings (SSSR count). The highest BCUT2D eigenvalue weighted by Crippen LogP contribution is 2.43. The van der Waals surface area contributed by atoms with Gasteiger partial charge in [0.05, 0.1) is 22.9 Å². The van der Waals surface area contributed by atoms with Crippen molar-refractivity contribution in [1.82, 2.24) is 34.8 Å². The molecule has 17 heteroatoms. The third kappa shape index (κ3) is 7.72. The minimum atomic E-state index is -2.99. The van der Waals surface area contributed by atoms with Crippen LogP contribution in [-0.4, -0.2) is 54.0 Å². The molecule has 0 spiro atoms. The molecule has 0 bridgehead atoms. The van der Waals surface area contributed by atoms with E-state index in [1.807, 2.05) is 20.8 Å². The van der Waals surface area contributed by atoms with Crippen LogP contribution in [0, 0.1) is 10.8 Å². The van der Waals surface area contributed by atoms with E-state index in [2.05, 4.69) is 25.8 Å². The molecule has 1 aliphatic rings. The molecular formula is C36H34ClF4N9O3. The lowest BCUT2D eigenvalue weighted by molar-refractivity contribution is -0.134. The number of rotatable bonds is 11. The Balaban J connectivity index is 1.40. The Morgan fingerprint density at radius 1 is 1.02 bits per heavy atom. The van der Waals surface area contributed by atoms with Gasteiger partial charge in [-0.05, 0) is 52.8 Å². The number of amides is 2. The number of para-hydroxylation sites is 1. The second-order valence-electron chi connectivity index (χ2n) is 13.5. The van der Waals surface area contributed by atoms with Crippen LogP contribution in [0.25, 0.3) is 16.8 Å². The summed E-state index contributed by atoms with van der Waals surface area (Å²) in [6, 6.07) is 18.4. The monoisotopic (exact) mass is 751 g/mol. The quantitative estimate of drug-likeness (QED) is 0.116. The molecule has 2 amide bonds. The molecule has 1 fully saturated rings. The number of benzene rings is 3. The normalized spacial score (nSPS) is 16.7. The molecule has 5 aromatic rings. The summed E-state index contributed by atoms with van der Waals surface area (Å²) in [5, 5.41) is 22.5. The summed E-state index contributed by atoms with van der Waals surface area (Å²) >= 11 is 6.47. The number of guanidine groups is 1. The van der Waals surface area contributed by atoms with Gasteiger partial charge in [0.15, 0.2) is 11.8 Å². The molecular weight excluding hydrogens is 718 g/mol. The van der Waals surface area contributed by atoms with Crippen LogP contribution in [0.4, 0.5) is 28.0 Å². The fourth-order valence-corrected chi connectivity index (χ4v) is 6.51.